The van der Waals surface area contributed by atoms with Crippen LogP contribution in [0.5, 0.6) is 0 Å². The lowest BCUT2D eigenvalue weighted by molar-refractivity contribution is 0.0681. The van der Waals surface area contributed by atoms with Crippen molar-refractivity contribution in [1.82, 2.24) is 9.55 Å². The van der Waals surface area contributed by atoms with Crippen LogP contribution in [-0.2, 0) is 4.74 Å². The van der Waals surface area contributed by atoms with Crippen molar-refractivity contribution in [3.8, 4) is 0 Å². The lowest BCUT2D eigenvalue weighted by Crippen LogP contribution is -2.30. The third-order valence-corrected chi connectivity index (χ3v) is 4.41. The molecule has 0 amide bonds. The van der Waals surface area contributed by atoms with E-state index in [1.54, 1.807) is 22.7 Å². The largest absolute Gasteiger partial charge is 0.381 e. The van der Waals surface area contributed by atoms with Gasteiger partial charge in [0.1, 0.15) is 0 Å². The van der Waals surface area contributed by atoms with Crippen molar-refractivity contribution in [1.29, 1.82) is 0 Å². The summed E-state index contributed by atoms with van der Waals surface area (Å²) >= 11 is 1.55. The average molecular weight is 250 g/mol. The second kappa shape index (κ2) is 4.31. The third kappa shape index (κ3) is 1.83. The van der Waals surface area contributed by atoms with Gasteiger partial charge in [0, 0.05) is 25.0 Å². The maximum absolute atomic E-state index is 12.3. The molecular formula is C12H14N2O2S. The molecule has 3 rings (SSSR count). The Hall–Kier alpha value is -1.07. The van der Waals surface area contributed by atoms with E-state index >= 15 is 0 Å². The van der Waals surface area contributed by atoms with Gasteiger partial charge >= 0.3 is 0 Å². The lowest BCUT2D eigenvalue weighted by Gasteiger charge is -2.24. The van der Waals surface area contributed by atoms with E-state index in [0.717, 1.165) is 48.0 Å². The Morgan fingerprint density at radius 3 is 3.00 bits per heavy atom. The van der Waals surface area contributed by atoms with Gasteiger partial charge < -0.3 is 4.74 Å². The van der Waals surface area contributed by atoms with E-state index in [2.05, 4.69) is 11.6 Å². The van der Waals surface area contributed by atoms with Crippen LogP contribution in [0.25, 0.3) is 5.57 Å². The maximum atomic E-state index is 12.3. The molecule has 2 aliphatic heterocycles. The summed E-state index contributed by atoms with van der Waals surface area (Å²) in [5, 5.41) is 0. The Bertz CT molecular complexity index is 518. The quantitative estimate of drug-likeness (QED) is 0.761. The Balaban J connectivity index is 2.02. The molecule has 17 heavy (non-hydrogen) atoms. The van der Waals surface area contributed by atoms with E-state index in [4.69, 9.17) is 4.74 Å². The first-order valence-corrected chi connectivity index (χ1v) is 6.76. The van der Waals surface area contributed by atoms with E-state index in [-0.39, 0.29) is 11.6 Å². The highest BCUT2D eigenvalue weighted by molar-refractivity contribution is 8.00. The Morgan fingerprint density at radius 1 is 1.47 bits per heavy atom. The molecule has 0 aromatic carbocycles. The Kier molecular flexibility index (Phi) is 2.80. The molecule has 0 radical (unpaired) electrons. The second-order valence-corrected chi connectivity index (χ2v) is 5.36. The number of ether oxygens (including phenoxy) is 1. The molecule has 0 N–H and O–H groups in total. The molecule has 4 nitrogen and oxygen atoms in total. The summed E-state index contributed by atoms with van der Waals surface area (Å²) in [5.41, 5.74) is 1.84. The molecule has 5 heteroatoms. The minimum absolute atomic E-state index is 0.0885. The summed E-state index contributed by atoms with van der Waals surface area (Å²) in [7, 11) is 0. The Morgan fingerprint density at radius 2 is 2.24 bits per heavy atom. The second-order valence-electron chi connectivity index (χ2n) is 4.37. The van der Waals surface area contributed by atoms with E-state index in [9.17, 15) is 4.79 Å². The number of aromatic nitrogens is 2. The molecule has 3 heterocycles. The molecule has 0 atom stereocenters. The molecule has 0 spiro atoms. The van der Waals surface area contributed by atoms with Gasteiger partial charge in [-0.25, -0.2) is 4.98 Å². The van der Waals surface area contributed by atoms with Crippen LogP contribution in [0.3, 0.4) is 0 Å². The molecule has 1 saturated heterocycles. The molecule has 0 aliphatic carbocycles. The maximum Gasteiger partial charge on any atom is 0.267 e. The van der Waals surface area contributed by atoms with Crippen LogP contribution in [0, 0.1) is 0 Å². The van der Waals surface area contributed by atoms with Crippen molar-refractivity contribution < 1.29 is 4.74 Å². The van der Waals surface area contributed by atoms with Gasteiger partial charge in [0.05, 0.1) is 16.9 Å². The molecular weight excluding hydrogens is 236 g/mol. The van der Waals surface area contributed by atoms with Crippen LogP contribution in [0.2, 0.25) is 0 Å². The van der Waals surface area contributed by atoms with Gasteiger partial charge in [-0.2, -0.15) is 0 Å². The minimum Gasteiger partial charge on any atom is -0.381 e. The summed E-state index contributed by atoms with van der Waals surface area (Å²) in [6.07, 6.45) is 3.46. The van der Waals surface area contributed by atoms with Crippen LogP contribution in [0.4, 0.5) is 0 Å². The van der Waals surface area contributed by atoms with Gasteiger partial charge in [-0.3, -0.25) is 9.36 Å². The van der Waals surface area contributed by atoms with Crippen molar-refractivity contribution in [2.75, 3.05) is 19.0 Å². The predicted octanol–water partition coefficient (Wildman–Crippen LogP) is 1.71. The van der Waals surface area contributed by atoms with Crippen LogP contribution in [0.15, 0.2) is 22.6 Å². The topological polar surface area (TPSA) is 44.1 Å². The fraction of sp³-hybridized carbons (Fsp3) is 0.500. The zero-order chi connectivity index (χ0) is 11.8. The smallest absolute Gasteiger partial charge is 0.267 e. The van der Waals surface area contributed by atoms with Gasteiger partial charge in [-0.15, -0.1) is 11.8 Å². The molecule has 1 fully saturated rings. The lowest BCUT2D eigenvalue weighted by atomic mass is 10.1. The van der Waals surface area contributed by atoms with E-state index in [1.165, 1.54) is 0 Å². The SMILES string of the molecule is C=C1CSc2c1ncn(C1CCOCC1)c2=O. The van der Waals surface area contributed by atoms with Gasteiger partial charge in [0.25, 0.3) is 5.56 Å². The highest BCUT2D eigenvalue weighted by atomic mass is 32.2. The number of hydrogen-bond donors (Lipinski definition) is 0. The fourth-order valence-electron chi connectivity index (χ4n) is 2.28. The molecule has 1 aromatic heterocycles. The molecule has 0 bridgehead atoms. The summed E-state index contributed by atoms with van der Waals surface area (Å²) < 4.78 is 7.09. The number of rotatable bonds is 1. The van der Waals surface area contributed by atoms with E-state index < -0.39 is 0 Å². The van der Waals surface area contributed by atoms with Gasteiger partial charge in [-0.1, -0.05) is 6.58 Å². The van der Waals surface area contributed by atoms with Gasteiger partial charge in [-0.05, 0) is 18.4 Å². The molecule has 90 valence electrons. The van der Waals surface area contributed by atoms with Crippen molar-refractivity contribution in [3.05, 3.63) is 29.0 Å². The Labute approximate surface area is 104 Å². The summed E-state index contributed by atoms with van der Waals surface area (Å²) in [6, 6.07) is 0.239. The first-order chi connectivity index (χ1) is 8.27. The predicted molar refractivity (Wildman–Crippen MR) is 67.3 cm³/mol. The molecule has 1 aromatic rings. The monoisotopic (exact) mass is 250 g/mol. The highest BCUT2D eigenvalue weighted by Crippen LogP contribution is 2.34. The van der Waals surface area contributed by atoms with E-state index in [1.807, 2.05) is 0 Å². The van der Waals surface area contributed by atoms with Crippen molar-refractivity contribution >= 4 is 17.3 Å². The van der Waals surface area contributed by atoms with Crippen molar-refractivity contribution in [2.24, 2.45) is 0 Å². The third-order valence-electron chi connectivity index (χ3n) is 3.26. The highest BCUT2D eigenvalue weighted by Gasteiger charge is 2.24. The minimum atomic E-state index is 0.0885. The molecule has 0 unspecified atom stereocenters. The number of fused-ring (bicyclic) bond motifs is 1. The standard InChI is InChI=1S/C12H14N2O2S/c1-8-6-17-11-10(8)13-7-14(12(11)15)9-2-4-16-5-3-9/h7,9H,1-6H2. The van der Waals surface area contributed by atoms with Gasteiger partial charge in [0.15, 0.2) is 0 Å². The summed E-state index contributed by atoms with van der Waals surface area (Å²) in [4.78, 5) is 17.5. The van der Waals surface area contributed by atoms with E-state index in [0.29, 0.717) is 0 Å². The van der Waals surface area contributed by atoms with Crippen LogP contribution >= 0.6 is 11.8 Å². The van der Waals surface area contributed by atoms with Gasteiger partial charge in [0.2, 0.25) is 0 Å². The number of hydrogen-bond acceptors (Lipinski definition) is 4. The zero-order valence-corrected chi connectivity index (χ0v) is 10.3. The average Bonchev–Trinajstić information content (AvgIpc) is 2.74. The number of thioether (sulfide) groups is 1. The van der Waals surface area contributed by atoms with Crippen molar-refractivity contribution in [3.63, 3.8) is 0 Å². The van der Waals surface area contributed by atoms with Crippen molar-refractivity contribution in [2.45, 2.75) is 23.8 Å². The first-order valence-electron chi connectivity index (χ1n) is 5.77. The molecule has 0 saturated carbocycles. The summed E-state index contributed by atoms with van der Waals surface area (Å²) in [6.45, 7) is 5.39. The zero-order valence-electron chi connectivity index (χ0n) is 9.52. The first kappa shape index (κ1) is 11.0. The number of nitrogens with zero attached hydrogens (tertiary/aromatic N) is 2. The van der Waals surface area contributed by atoms with Crippen LogP contribution in [-0.4, -0.2) is 28.5 Å². The fourth-order valence-corrected chi connectivity index (χ4v) is 3.30. The van der Waals surface area contributed by atoms with Crippen LogP contribution < -0.4 is 5.56 Å². The van der Waals surface area contributed by atoms with Crippen LogP contribution in [0.1, 0.15) is 24.6 Å². The normalized spacial score (nSPS) is 20.6. The molecule has 2 aliphatic rings. The summed E-state index contributed by atoms with van der Waals surface area (Å²) in [5.74, 6) is 0.787.